The van der Waals surface area contributed by atoms with Crippen molar-refractivity contribution in [1.82, 2.24) is 0 Å². The summed E-state index contributed by atoms with van der Waals surface area (Å²) in [7, 11) is -68.1. The summed E-state index contributed by atoms with van der Waals surface area (Å²) in [6, 6.07) is 58.0. The van der Waals surface area contributed by atoms with Gasteiger partial charge in [-0.3, -0.25) is 0 Å². The molecule has 794 valence electrons. The molecule has 0 radical (unpaired) electrons. The van der Waals surface area contributed by atoms with Crippen LogP contribution in [0.5, 0.6) is 0 Å². The molecular formula is C106H152N2O24Si16. The molecule has 0 amide bonds. The monoisotopic (exact) mass is 2280 g/mol. The maximum absolute atomic E-state index is 8.91. The van der Waals surface area contributed by atoms with Crippen molar-refractivity contribution in [3.8, 4) is 11.1 Å². The van der Waals surface area contributed by atoms with E-state index in [9.17, 15) is 0 Å². The van der Waals surface area contributed by atoms with Gasteiger partial charge < -0.3 is 109 Å². The van der Waals surface area contributed by atoms with Gasteiger partial charge in [-0.15, -0.1) is 0 Å². The molecule has 16 bridgehead atoms. The highest BCUT2D eigenvalue weighted by atomic mass is 28.6. The molecule has 26 fully saturated rings. The van der Waals surface area contributed by atoms with Crippen LogP contribution in [0.3, 0.4) is 0 Å². The van der Waals surface area contributed by atoms with Crippen molar-refractivity contribution in [2.45, 2.75) is 437 Å². The number of anilines is 6. The Kier molecular flexibility index (Phi) is 26.0. The van der Waals surface area contributed by atoms with Gasteiger partial charge in [0.05, 0.1) is 0 Å². The average Bonchev–Trinajstić information content (AvgIpc) is 0.789. The fraction of sp³-hybridized carbons (Fsp3) is 0.660. The van der Waals surface area contributed by atoms with Crippen LogP contribution < -0.4 is 20.2 Å². The van der Waals surface area contributed by atoms with Gasteiger partial charge in [0.1, 0.15) is 0 Å². The number of hydrogen-bond acceptors (Lipinski definition) is 26. The summed E-state index contributed by atoms with van der Waals surface area (Å²) in [4.78, 5) is 4.74. The fourth-order valence-corrected chi connectivity index (χ4v) is 144. The molecule has 148 heavy (non-hydrogen) atoms. The molecule has 12 saturated heterocycles. The van der Waals surface area contributed by atoms with Crippen LogP contribution in [0.2, 0.25) is 77.6 Å². The average molecular weight is 2290 g/mol. The van der Waals surface area contributed by atoms with E-state index >= 15 is 0 Å². The Labute approximate surface area is 892 Å². The predicted molar refractivity (Wildman–Crippen MR) is 590 cm³/mol. The van der Waals surface area contributed by atoms with Crippen LogP contribution in [0.25, 0.3) is 11.1 Å². The third-order valence-electron chi connectivity index (χ3n) is 40.3. The first-order chi connectivity index (χ1) is 72.5. The number of benzene rings is 6. The van der Waals surface area contributed by atoms with E-state index in [0.717, 1.165) is 415 Å². The SMILES string of the molecule is c1ccc(N(c2ccc(-c3ccc(N(c4ccccc4)c4ccc([Si]56O[Si]7(C8CCCC8)O[Si]8(C9CCCC9)O[Si](C9CCCC9)(O5)O[Si]5(C9CCCC9)O[Si](C9CCCC9)(O6)O[Si](C6CCCC6)(O7)O[Si](C6CCCC6)(O8)O5)cc4)cc3)cc2)c2ccc([Si]34O[Si]5(C6CCCC6)O[Si]6(C7CCCC7)O[Si](C7CCCC7)(O3)O[Si]3(C7CCCC7)O[Si](C7CCCC7)(O4)O[Si](C4CCCC4)(O5)O[Si](C4CCCC4)(O6)O3)cc2)cc1. The van der Waals surface area contributed by atoms with Gasteiger partial charge in [-0.25, -0.2) is 0 Å². The van der Waals surface area contributed by atoms with Gasteiger partial charge in [-0.1, -0.05) is 265 Å². The summed E-state index contributed by atoms with van der Waals surface area (Å²) in [5.41, 5.74) is 7.31. The molecule has 14 aliphatic carbocycles. The van der Waals surface area contributed by atoms with Crippen molar-refractivity contribution in [2.75, 3.05) is 9.80 Å². The number of nitrogens with zero attached hydrogens (tertiary/aromatic N) is 2. The Morgan fingerprint density at radius 1 is 0.128 bits per heavy atom. The van der Waals surface area contributed by atoms with E-state index in [0.29, 0.717) is 0 Å². The van der Waals surface area contributed by atoms with Gasteiger partial charge in [-0.2, -0.15) is 0 Å². The zero-order valence-corrected chi connectivity index (χ0v) is 102. The summed E-state index contributed by atoms with van der Waals surface area (Å²) in [6.07, 6.45) is 54.7. The molecule has 6 aromatic rings. The molecule has 42 heteroatoms. The minimum atomic E-state index is -4.60. The Balaban J connectivity index is 0.522. The van der Waals surface area contributed by atoms with Crippen LogP contribution >= 0.6 is 0 Å². The number of rotatable bonds is 23. The van der Waals surface area contributed by atoms with Gasteiger partial charge in [-0.05, 0) is 264 Å². The summed E-state index contributed by atoms with van der Waals surface area (Å²) in [6.45, 7) is 0. The molecule has 0 unspecified atom stereocenters. The zero-order chi connectivity index (χ0) is 98.0. The van der Waals surface area contributed by atoms with Crippen molar-refractivity contribution < 1.29 is 98.8 Å². The van der Waals surface area contributed by atoms with Gasteiger partial charge in [0.25, 0.3) is 0 Å². The molecule has 12 aliphatic heterocycles. The minimum absolute atomic E-state index is 0.00869. The minimum Gasteiger partial charge on any atom is -0.373 e. The largest absolute Gasteiger partial charge is 0.515 e. The van der Waals surface area contributed by atoms with Crippen molar-refractivity contribution in [2.24, 2.45) is 0 Å². The van der Waals surface area contributed by atoms with Crippen molar-refractivity contribution >= 4 is 185 Å². The van der Waals surface area contributed by atoms with Crippen molar-refractivity contribution in [1.29, 1.82) is 0 Å². The van der Waals surface area contributed by atoms with E-state index in [-0.39, 0.29) is 77.6 Å². The molecular weight excluding hydrogens is 2130 g/mol. The molecule has 26 nitrogen and oxygen atoms in total. The van der Waals surface area contributed by atoms with Crippen LogP contribution in [0, 0.1) is 0 Å². The van der Waals surface area contributed by atoms with E-state index in [1.54, 1.807) is 0 Å². The van der Waals surface area contributed by atoms with E-state index in [4.69, 9.17) is 98.8 Å². The maximum atomic E-state index is 8.91. The first-order valence-corrected chi connectivity index (χ1v) is 88.1. The van der Waals surface area contributed by atoms with E-state index < -0.39 is 141 Å². The predicted octanol–water partition coefficient (Wildman–Crippen LogP) is 27.5. The van der Waals surface area contributed by atoms with Crippen LogP contribution in [0.4, 0.5) is 34.1 Å². The fourth-order valence-electron chi connectivity index (χ4n) is 32.7. The molecule has 12 heterocycles. The lowest BCUT2D eigenvalue weighted by molar-refractivity contribution is -0.0472. The van der Waals surface area contributed by atoms with Gasteiger partial charge in [0.2, 0.25) is 0 Å². The highest BCUT2D eigenvalue weighted by Crippen LogP contribution is 2.71. The highest BCUT2D eigenvalue weighted by molar-refractivity contribution is 7.09. The topological polar surface area (TPSA) is 228 Å². The second kappa shape index (κ2) is 38.6. The molecule has 0 N–H and O–H groups in total. The van der Waals surface area contributed by atoms with Crippen LogP contribution in [0.15, 0.2) is 158 Å². The third kappa shape index (κ3) is 16.5. The van der Waals surface area contributed by atoms with E-state index in [2.05, 4.69) is 168 Å². The zero-order valence-electron chi connectivity index (χ0n) is 86.4. The van der Waals surface area contributed by atoms with Crippen LogP contribution in [-0.2, 0) is 98.8 Å². The molecule has 6 aromatic carbocycles. The summed E-state index contributed by atoms with van der Waals surface area (Å²) in [5.74, 6) is 0. The molecule has 0 spiro atoms. The Hall–Kier alpha value is -2.57. The number of para-hydroxylation sites is 2. The lowest BCUT2D eigenvalue weighted by Gasteiger charge is -2.66. The molecule has 0 atom stereocenters. The maximum Gasteiger partial charge on any atom is 0.515 e. The summed E-state index contributed by atoms with van der Waals surface area (Å²) < 4.78 is 212. The third-order valence-corrected chi connectivity index (χ3v) is 119. The molecule has 32 rings (SSSR count). The second-order valence-corrected chi connectivity index (χ2v) is 101. The Morgan fingerprint density at radius 3 is 0.378 bits per heavy atom. The standard InChI is InChI=1S/C106H152N2O24Si16/c1-3-35-85(36-4-1)107(89-75-79-105(80-76-89)147-127-141(99-55-23-24-56-99)115-135(93-43-11-12-44-93)109-133(91-39-7-8-40-91)110-136(117-141,94-45-13-14-46-94)119-143(129-147,101-59-27-28-60-101)120-137(111-133,95-47-15-16-48-95)118-142(116-135,128-147)100-57-25-26-58-100)87-71-67-83(68-72-87)84-69-73-88(74-70-84)108(86-37-5-2-6-38-86)90-77-81-106(82-78-90)148-130-144(102-61-29-30-62-102)121-138(96-49-17-18-50-96)112-134(92-41-9-10-42-92)113-139(123-144,97-51-19-20-52-97)125-146(132-148,104-65-33-34-66-104)126-140(114-134,98-53-21-22-54-98)124-145(122-138,131-148)103-63-31-32-64-103/h1-6,35-38,67-82,91-104H,7-34,39-66H2. The van der Waals surface area contributed by atoms with Crippen LogP contribution in [-0.4, -0.2) is 141 Å². The van der Waals surface area contributed by atoms with Gasteiger partial charge >= 0.3 is 141 Å². The lowest BCUT2D eigenvalue weighted by Crippen LogP contribution is -2.91. The summed E-state index contributed by atoms with van der Waals surface area (Å²) >= 11 is 0. The Morgan fingerprint density at radius 2 is 0.243 bits per heavy atom. The Bertz CT molecular complexity index is 5060. The summed E-state index contributed by atoms with van der Waals surface area (Å²) in [5, 5.41) is 1.65. The van der Waals surface area contributed by atoms with Gasteiger partial charge in [0, 0.05) is 122 Å². The number of hydrogen-bond donors (Lipinski definition) is 0. The van der Waals surface area contributed by atoms with E-state index in [1.165, 1.54) is 0 Å². The van der Waals surface area contributed by atoms with E-state index in [1.807, 2.05) is 0 Å². The highest BCUT2D eigenvalue weighted by Gasteiger charge is 2.93. The quantitative estimate of drug-likeness (QED) is 0.0543. The van der Waals surface area contributed by atoms with Crippen LogP contribution in [0.1, 0.15) is 360 Å². The second-order valence-electron chi connectivity index (χ2n) is 49.3. The van der Waals surface area contributed by atoms with Gasteiger partial charge in [0.15, 0.2) is 0 Å². The first kappa shape index (κ1) is 99.7. The smallest absolute Gasteiger partial charge is 0.373 e. The first-order valence-electron chi connectivity index (χ1n) is 59.5. The normalized spacial score (nSPS) is 41.7. The van der Waals surface area contributed by atoms with Crippen molar-refractivity contribution in [3.63, 3.8) is 0 Å². The lowest BCUT2D eigenvalue weighted by atomic mass is 10.0. The molecule has 0 aromatic heterocycles. The molecule has 26 aliphatic rings. The molecule has 14 saturated carbocycles. The van der Waals surface area contributed by atoms with Crippen molar-refractivity contribution in [3.05, 3.63) is 158 Å².